The van der Waals surface area contributed by atoms with Crippen molar-refractivity contribution in [2.45, 2.75) is 85.0 Å². The first-order chi connectivity index (χ1) is 35.7. The second-order valence-electron chi connectivity index (χ2n) is 18.5. The van der Waals surface area contributed by atoms with Crippen LogP contribution in [0.15, 0.2) is 132 Å². The van der Waals surface area contributed by atoms with Crippen LogP contribution in [0.3, 0.4) is 0 Å². The first-order valence-corrected chi connectivity index (χ1v) is 26.8. The largest absolute Gasteiger partial charge is 0.493 e. The number of benzene rings is 6. The van der Waals surface area contributed by atoms with Gasteiger partial charge in [-0.25, -0.2) is 27.5 Å². The Kier molecular flexibility index (Phi) is 16.0. The highest BCUT2D eigenvalue weighted by atomic mass is 35.5. The van der Waals surface area contributed by atoms with Crippen molar-refractivity contribution in [3.05, 3.63) is 200 Å². The van der Waals surface area contributed by atoms with E-state index in [0.29, 0.717) is 66.0 Å². The molecule has 2 atom stereocenters. The highest BCUT2D eigenvalue weighted by Gasteiger charge is 2.42. The van der Waals surface area contributed by atoms with Crippen LogP contribution in [-0.4, -0.2) is 47.5 Å². The minimum atomic E-state index is -0.400. The summed E-state index contributed by atoms with van der Waals surface area (Å²) in [7, 11) is 6.49. The summed E-state index contributed by atoms with van der Waals surface area (Å²) in [4.78, 5) is 10.1. The summed E-state index contributed by atoms with van der Waals surface area (Å²) in [5, 5.41) is 2.19. The lowest BCUT2D eigenvalue weighted by atomic mass is 9.71. The minimum Gasteiger partial charge on any atom is -0.493 e. The molecule has 0 fully saturated rings. The molecule has 10 rings (SSSR count). The molecule has 2 aliphatic rings. The van der Waals surface area contributed by atoms with Gasteiger partial charge in [-0.3, -0.25) is 9.13 Å². The van der Waals surface area contributed by atoms with Crippen molar-refractivity contribution in [3.63, 3.8) is 0 Å². The molecule has 0 unspecified atom stereocenters. The molecule has 0 saturated carbocycles. The lowest BCUT2D eigenvalue weighted by molar-refractivity contribution is 0.352. The van der Waals surface area contributed by atoms with Crippen LogP contribution >= 0.6 is 46.7 Å². The summed E-state index contributed by atoms with van der Waals surface area (Å²) < 4.78 is 83.1. The summed E-state index contributed by atoms with van der Waals surface area (Å²) in [5.41, 5.74) is 7.85. The first-order valence-electron chi connectivity index (χ1n) is 24.0. The van der Waals surface area contributed by atoms with Gasteiger partial charge in [0.2, 0.25) is 0 Å². The third-order valence-corrected chi connectivity index (χ3v) is 16.7. The number of rotatable bonds is 14. The zero-order valence-corrected chi connectivity index (χ0v) is 44.9. The molecule has 0 spiro atoms. The molecule has 384 valence electrons. The number of imidazole rings is 2. The quantitative estimate of drug-likeness (QED) is 0.0788. The van der Waals surface area contributed by atoms with E-state index in [-0.39, 0.29) is 23.3 Å². The number of thioether (sulfide) groups is 2. The Morgan fingerprint density at radius 3 is 1.24 bits per heavy atom. The van der Waals surface area contributed by atoms with E-state index in [4.69, 9.17) is 52.1 Å². The van der Waals surface area contributed by atoms with Crippen LogP contribution in [0.5, 0.6) is 23.0 Å². The summed E-state index contributed by atoms with van der Waals surface area (Å²) in [5.74, 6) is 1.95. The highest BCUT2D eigenvalue weighted by Crippen LogP contribution is 2.49. The number of aryl methyl sites for hydroxylation is 2. The summed E-state index contributed by atoms with van der Waals surface area (Å²) in [6, 6.07) is 34.2. The maximum absolute atomic E-state index is 14.5. The molecular formula is C58H54Cl2F4N4O4S2. The van der Waals surface area contributed by atoms with Crippen LogP contribution < -0.4 is 18.9 Å². The predicted octanol–water partition coefficient (Wildman–Crippen LogP) is 15.5. The molecule has 8 aromatic rings. The molecule has 6 aromatic carbocycles. The van der Waals surface area contributed by atoms with Crippen LogP contribution in [0.4, 0.5) is 17.6 Å². The summed E-state index contributed by atoms with van der Waals surface area (Å²) >= 11 is 15.4. The Hall–Kier alpha value is -6.06. The van der Waals surface area contributed by atoms with Gasteiger partial charge in [0.25, 0.3) is 0 Å². The molecule has 0 radical (unpaired) electrons. The van der Waals surface area contributed by atoms with E-state index in [1.54, 1.807) is 77.0 Å². The second-order valence-corrected chi connectivity index (χ2v) is 21.2. The molecule has 0 amide bonds. The van der Waals surface area contributed by atoms with Crippen molar-refractivity contribution >= 4 is 46.7 Å². The maximum atomic E-state index is 14.5. The van der Waals surface area contributed by atoms with E-state index >= 15 is 0 Å². The number of ether oxygens (including phenoxy) is 4. The van der Waals surface area contributed by atoms with Crippen LogP contribution in [-0.2, 0) is 35.2 Å². The van der Waals surface area contributed by atoms with E-state index in [0.717, 1.165) is 83.8 Å². The van der Waals surface area contributed by atoms with Gasteiger partial charge in [-0.2, -0.15) is 0 Å². The monoisotopic (exact) mass is 1080 g/mol. The first kappa shape index (κ1) is 52.8. The van der Waals surface area contributed by atoms with Gasteiger partial charge in [0.15, 0.2) is 33.3 Å². The summed E-state index contributed by atoms with van der Waals surface area (Å²) in [6.07, 6.45) is 5.35. The smallest absolute Gasteiger partial charge is 0.173 e. The van der Waals surface area contributed by atoms with E-state index in [1.165, 1.54) is 59.9 Å². The highest BCUT2D eigenvalue weighted by molar-refractivity contribution is 7.98. The Morgan fingerprint density at radius 2 is 0.892 bits per heavy atom. The SMILES string of the molecule is COc1ccc([C@@]2(C)CCCc3nc(SCc4c(F)cccc4Cl)n(-c4ccc(F)cc4)c32)cc1OC.COc1ccc([C@]2(C)CCCc3nc(SCc4c(F)cccc4Cl)n(-c4ccc(F)cc4)c32)cc1OC. The van der Waals surface area contributed by atoms with E-state index in [1.807, 2.05) is 24.3 Å². The van der Waals surface area contributed by atoms with Crippen LogP contribution in [0.25, 0.3) is 11.4 Å². The van der Waals surface area contributed by atoms with Crippen LogP contribution in [0.2, 0.25) is 10.0 Å². The van der Waals surface area contributed by atoms with Crippen molar-refractivity contribution in [3.8, 4) is 34.4 Å². The molecule has 2 aromatic heterocycles. The Morgan fingerprint density at radius 1 is 0.514 bits per heavy atom. The number of hydrogen-bond donors (Lipinski definition) is 0. The number of fused-ring (bicyclic) bond motifs is 2. The fraction of sp³-hybridized carbons (Fsp3) is 0.276. The zero-order chi connectivity index (χ0) is 52.3. The molecule has 0 saturated heterocycles. The Labute approximate surface area is 447 Å². The number of hydrogen-bond acceptors (Lipinski definition) is 8. The Balaban J connectivity index is 0.000000182. The topological polar surface area (TPSA) is 72.6 Å². The third kappa shape index (κ3) is 10.3. The van der Waals surface area contributed by atoms with Gasteiger partial charge in [0.1, 0.15) is 23.3 Å². The van der Waals surface area contributed by atoms with Crippen molar-refractivity contribution in [1.29, 1.82) is 0 Å². The predicted molar refractivity (Wildman–Crippen MR) is 287 cm³/mol. The Bertz CT molecular complexity index is 3060. The lowest BCUT2D eigenvalue weighted by Gasteiger charge is -2.36. The average molecular weight is 1080 g/mol. The standard InChI is InChI=1S/2C29H27ClF2N2O2S/c2*1-29(18-9-14-25(35-2)26(16-18)36-3)15-5-8-24-27(29)34(20-12-10-19(31)11-13-20)28(33-24)37-17-21-22(30)6-4-7-23(21)32/h2*4,6-7,9-14,16H,5,8,15,17H2,1-3H3/t2*29-/m10/s1. The maximum Gasteiger partial charge on any atom is 0.173 e. The number of methoxy groups -OCH3 is 4. The molecule has 0 N–H and O–H groups in total. The molecule has 0 aliphatic heterocycles. The van der Waals surface area contributed by atoms with Crippen molar-refractivity contribution < 1.29 is 36.5 Å². The fourth-order valence-electron chi connectivity index (χ4n) is 10.2. The molecular weight excluding hydrogens is 1030 g/mol. The van der Waals surface area contributed by atoms with Gasteiger partial charge in [0, 0.05) is 54.9 Å². The van der Waals surface area contributed by atoms with Gasteiger partial charge in [-0.05, 0) is 161 Å². The summed E-state index contributed by atoms with van der Waals surface area (Å²) in [6.45, 7) is 4.41. The average Bonchev–Trinajstić information content (AvgIpc) is 3.98. The van der Waals surface area contributed by atoms with E-state index in [2.05, 4.69) is 35.1 Å². The third-order valence-electron chi connectivity index (χ3n) is 14.1. The number of aromatic nitrogens is 4. The number of halogens is 6. The van der Waals surface area contributed by atoms with Crippen LogP contribution in [0, 0.1) is 23.3 Å². The van der Waals surface area contributed by atoms with Crippen LogP contribution in [0.1, 0.15) is 84.6 Å². The minimum absolute atomic E-state index is 0.312. The molecule has 8 nitrogen and oxygen atoms in total. The zero-order valence-electron chi connectivity index (χ0n) is 41.7. The lowest BCUT2D eigenvalue weighted by Crippen LogP contribution is -2.31. The van der Waals surface area contributed by atoms with E-state index in [9.17, 15) is 17.6 Å². The van der Waals surface area contributed by atoms with Gasteiger partial charge >= 0.3 is 0 Å². The molecule has 16 heteroatoms. The van der Waals surface area contributed by atoms with Crippen molar-refractivity contribution in [2.75, 3.05) is 28.4 Å². The normalized spacial score (nSPS) is 16.9. The second kappa shape index (κ2) is 22.4. The molecule has 2 aliphatic carbocycles. The molecule has 2 heterocycles. The number of nitrogens with zero attached hydrogens (tertiary/aromatic N) is 4. The van der Waals surface area contributed by atoms with Gasteiger partial charge in [-0.15, -0.1) is 0 Å². The van der Waals surface area contributed by atoms with E-state index < -0.39 is 10.8 Å². The van der Waals surface area contributed by atoms with Gasteiger partial charge in [0.05, 0.1) is 51.2 Å². The van der Waals surface area contributed by atoms with Gasteiger partial charge in [-0.1, -0.05) is 71.0 Å². The molecule has 74 heavy (non-hydrogen) atoms. The van der Waals surface area contributed by atoms with Gasteiger partial charge < -0.3 is 18.9 Å². The molecule has 0 bridgehead atoms. The van der Waals surface area contributed by atoms with Crippen molar-refractivity contribution in [2.24, 2.45) is 0 Å². The fourth-order valence-corrected chi connectivity index (χ4v) is 13.0. The van der Waals surface area contributed by atoms with Crippen molar-refractivity contribution in [1.82, 2.24) is 19.1 Å².